The number of para-hydroxylation sites is 1. The molecular formula is C15H16N6. The zero-order chi connectivity index (χ0) is 14.1. The third-order valence-corrected chi connectivity index (χ3v) is 3.75. The third kappa shape index (κ3) is 2.45. The molecule has 0 spiro atoms. The monoisotopic (exact) mass is 280 g/mol. The summed E-state index contributed by atoms with van der Waals surface area (Å²) in [4.78, 5) is 4.03. The molecule has 3 aromatic rings. The predicted octanol–water partition coefficient (Wildman–Crippen LogP) is 1.52. The molecule has 3 heterocycles. The lowest BCUT2D eigenvalue weighted by molar-refractivity contribution is 0.0894. The first-order chi connectivity index (χ1) is 10.4. The Morgan fingerprint density at radius 1 is 1.05 bits per heavy atom. The lowest BCUT2D eigenvalue weighted by atomic mass is 10.1. The highest BCUT2D eigenvalue weighted by Gasteiger charge is 2.28. The number of rotatable bonds is 4. The van der Waals surface area contributed by atoms with Crippen molar-refractivity contribution in [2.45, 2.75) is 12.6 Å². The van der Waals surface area contributed by atoms with Crippen LogP contribution in [0.4, 0.5) is 0 Å². The van der Waals surface area contributed by atoms with Crippen LogP contribution in [0.3, 0.4) is 0 Å². The second-order valence-corrected chi connectivity index (χ2v) is 5.29. The molecule has 1 aliphatic rings. The summed E-state index contributed by atoms with van der Waals surface area (Å²) < 4.78 is 2.03. The number of hydrogen-bond acceptors (Lipinski definition) is 4. The second-order valence-electron chi connectivity index (χ2n) is 5.29. The van der Waals surface area contributed by atoms with E-state index in [4.69, 9.17) is 0 Å². The van der Waals surface area contributed by atoms with Gasteiger partial charge in [0.25, 0.3) is 0 Å². The van der Waals surface area contributed by atoms with Crippen molar-refractivity contribution in [3.8, 4) is 5.69 Å². The maximum atomic E-state index is 4.53. The molecule has 1 aromatic carbocycles. The minimum Gasteiger partial charge on any atom is -0.293 e. The topological polar surface area (TPSA) is 51.8 Å². The molecule has 1 saturated heterocycles. The quantitative estimate of drug-likeness (QED) is 0.727. The van der Waals surface area contributed by atoms with Gasteiger partial charge in [0.05, 0.1) is 23.6 Å². The predicted molar refractivity (Wildman–Crippen MR) is 77.9 cm³/mol. The van der Waals surface area contributed by atoms with Crippen molar-refractivity contribution < 1.29 is 0 Å². The first-order valence-electron chi connectivity index (χ1n) is 7.06. The second kappa shape index (κ2) is 5.14. The van der Waals surface area contributed by atoms with Gasteiger partial charge in [-0.25, -0.2) is 0 Å². The van der Waals surface area contributed by atoms with Crippen molar-refractivity contribution in [2.75, 3.05) is 13.1 Å². The standard InChI is InChI=1S/C15H16N6/c1-2-5-14(6-3-1)21-17-9-13(18-21)10-19-11-15(12-19)20-8-4-7-16-20/h1-9,15H,10-12H2. The zero-order valence-corrected chi connectivity index (χ0v) is 11.6. The van der Waals surface area contributed by atoms with E-state index in [1.807, 2.05) is 59.7 Å². The summed E-state index contributed by atoms with van der Waals surface area (Å²) in [6, 6.07) is 12.4. The molecule has 0 N–H and O–H groups in total. The molecule has 4 rings (SSSR count). The van der Waals surface area contributed by atoms with E-state index in [1.54, 1.807) is 4.80 Å². The van der Waals surface area contributed by atoms with Crippen LogP contribution < -0.4 is 0 Å². The molecule has 1 aliphatic heterocycles. The van der Waals surface area contributed by atoms with Crippen molar-refractivity contribution in [3.63, 3.8) is 0 Å². The lowest BCUT2D eigenvalue weighted by Gasteiger charge is -2.38. The summed E-state index contributed by atoms with van der Waals surface area (Å²) in [5, 5.41) is 13.1. The van der Waals surface area contributed by atoms with Gasteiger partial charge in [0.2, 0.25) is 0 Å². The fourth-order valence-corrected chi connectivity index (χ4v) is 2.62. The van der Waals surface area contributed by atoms with Crippen molar-refractivity contribution >= 4 is 0 Å². The first kappa shape index (κ1) is 12.3. The summed E-state index contributed by atoms with van der Waals surface area (Å²) in [6.07, 6.45) is 5.69. The third-order valence-electron chi connectivity index (χ3n) is 3.75. The SMILES string of the molecule is c1ccc(-n2ncc(CN3CC(n4cccn4)C3)n2)cc1. The van der Waals surface area contributed by atoms with Crippen LogP contribution >= 0.6 is 0 Å². The number of nitrogens with zero attached hydrogens (tertiary/aromatic N) is 6. The van der Waals surface area contributed by atoms with E-state index in [1.165, 1.54) is 0 Å². The molecule has 0 atom stereocenters. The Morgan fingerprint density at radius 2 is 1.90 bits per heavy atom. The average molecular weight is 280 g/mol. The fraction of sp³-hybridized carbons (Fsp3) is 0.267. The minimum atomic E-state index is 0.490. The molecule has 6 heteroatoms. The van der Waals surface area contributed by atoms with Crippen LogP contribution in [0.25, 0.3) is 5.69 Å². The summed E-state index contributed by atoms with van der Waals surface area (Å²) in [7, 11) is 0. The molecule has 2 aromatic heterocycles. The molecule has 0 amide bonds. The molecular weight excluding hydrogens is 264 g/mol. The maximum Gasteiger partial charge on any atom is 0.0971 e. The van der Waals surface area contributed by atoms with E-state index >= 15 is 0 Å². The summed E-state index contributed by atoms with van der Waals surface area (Å²) >= 11 is 0. The Balaban J connectivity index is 1.38. The highest BCUT2D eigenvalue weighted by Crippen LogP contribution is 2.21. The first-order valence-corrected chi connectivity index (χ1v) is 7.06. The normalized spacial score (nSPS) is 16.0. The molecule has 0 aliphatic carbocycles. The van der Waals surface area contributed by atoms with E-state index in [0.29, 0.717) is 6.04 Å². The van der Waals surface area contributed by atoms with Gasteiger partial charge in [0.1, 0.15) is 0 Å². The van der Waals surface area contributed by atoms with E-state index < -0.39 is 0 Å². The fourth-order valence-electron chi connectivity index (χ4n) is 2.62. The Kier molecular flexibility index (Phi) is 3.01. The molecule has 0 radical (unpaired) electrons. The van der Waals surface area contributed by atoms with Crippen LogP contribution in [0.1, 0.15) is 11.7 Å². The average Bonchev–Trinajstić information content (AvgIpc) is 3.15. The van der Waals surface area contributed by atoms with Gasteiger partial charge in [-0.15, -0.1) is 0 Å². The summed E-state index contributed by atoms with van der Waals surface area (Å²) in [5.74, 6) is 0. The van der Waals surface area contributed by atoms with E-state index in [0.717, 1.165) is 31.0 Å². The van der Waals surface area contributed by atoms with Gasteiger partial charge < -0.3 is 0 Å². The van der Waals surface area contributed by atoms with Crippen LogP contribution in [0.5, 0.6) is 0 Å². The molecule has 106 valence electrons. The largest absolute Gasteiger partial charge is 0.293 e. The minimum absolute atomic E-state index is 0.490. The van der Waals surface area contributed by atoms with Crippen LogP contribution in [-0.2, 0) is 6.54 Å². The summed E-state index contributed by atoms with van der Waals surface area (Å²) in [5.41, 5.74) is 1.99. The van der Waals surface area contributed by atoms with Gasteiger partial charge in [-0.3, -0.25) is 9.58 Å². The molecule has 0 unspecified atom stereocenters. The summed E-state index contributed by atoms with van der Waals surface area (Å²) in [6.45, 7) is 2.87. The Morgan fingerprint density at radius 3 is 2.67 bits per heavy atom. The van der Waals surface area contributed by atoms with Crippen LogP contribution in [-0.4, -0.2) is 42.8 Å². The van der Waals surface area contributed by atoms with Crippen molar-refractivity contribution in [3.05, 3.63) is 60.7 Å². The Hall–Kier alpha value is -2.47. The molecule has 6 nitrogen and oxygen atoms in total. The molecule has 21 heavy (non-hydrogen) atoms. The smallest absolute Gasteiger partial charge is 0.0971 e. The van der Waals surface area contributed by atoms with Crippen LogP contribution in [0.2, 0.25) is 0 Å². The Bertz CT molecular complexity index is 697. The van der Waals surface area contributed by atoms with E-state index in [2.05, 4.69) is 20.2 Å². The number of aromatic nitrogens is 5. The Labute approximate surface area is 122 Å². The zero-order valence-electron chi connectivity index (χ0n) is 11.6. The molecule has 0 bridgehead atoms. The number of benzene rings is 1. The van der Waals surface area contributed by atoms with Gasteiger partial charge in [-0.05, 0) is 18.2 Å². The highest BCUT2D eigenvalue weighted by molar-refractivity contribution is 5.28. The molecule has 0 saturated carbocycles. The number of hydrogen-bond donors (Lipinski definition) is 0. The van der Waals surface area contributed by atoms with Gasteiger partial charge in [-0.2, -0.15) is 20.1 Å². The maximum absolute atomic E-state index is 4.53. The van der Waals surface area contributed by atoms with Crippen molar-refractivity contribution in [1.82, 2.24) is 29.7 Å². The van der Waals surface area contributed by atoms with Gasteiger partial charge in [0, 0.05) is 32.0 Å². The number of likely N-dealkylation sites (tertiary alicyclic amines) is 1. The van der Waals surface area contributed by atoms with Crippen LogP contribution in [0, 0.1) is 0 Å². The van der Waals surface area contributed by atoms with Gasteiger partial charge in [-0.1, -0.05) is 18.2 Å². The lowest BCUT2D eigenvalue weighted by Crippen LogP contribution is -2.47. The van der Waals surface area contributed by atoms with Gasteiger partial charge >= 0.3 is 0 Å². The van der Waals surface area contributed by atoms with Crippen LogP contribution in [0.15, 0.2) is 55.0 Å². The van der Waals surface area contributed by atoms with Gasteiger partial charge in [0.15, 0.2) is 0 Å². The van der Waals surface area contributed by atoms with E-state index in [9.17, 15) is 0 Å². The van der Waals surface area contributed by atoms with Crippen molar-refractivity contribution in [2.24, 2.45) is 0 Å². The van der Waals surface area contributed by atoms with E-state index in [-0.39, 0.29) is 0 Å². The van der Waals surface area contributed by atoms with Crippen molar-refractivity contribution in [1.29, 1.82) is 0 Å². The molecule has 1 fully saturated rings. The highest BCUT2D eigenvalue weighted by atomic mass is 15.5.